The average molecular weight is 168 g/mol. The second-order valence-electron chi connectivity index (χ2n) is 3.67. The van der Waals surface area contributed by atoms with Crippen LogP contribution in [0.4, 0.5) is 0 Å². The lowest BCUT2D eigenvalue weighted by molar-refractivity contribution is -0.0548. The molecule has 2 atom stereocenters. The molecular weight excluding hydrogens is 151 g/mol. The van der Waals surface area contributed by atoms with Gasteiger partial charge in [0.15, 0.2) is 0 Å². The molecule has 2 radical (unpaired) electrons. The monoisotopic (exact) mass is 168 g/mol. The number of hydrogen-bond donors (Lipinski definition) is 0. The molecule has 0 saturated carbocycles. The van der Waals surface area contributed by atoms with Crippen molar-refractivity contribution in [2.24, 2.45) is 0 Å². The molecule has 0 amide bonds. The zero-order valence-corrected chi connectivity index (χ0v) is 7.95. The van der Waals surface area contributed by atoms with Gasteiger partial charge in [-0.3, -0.25) is 0 Å². The molecule has 0 aliphatic carbocycles. The van der Waals surface area contributed by atoms with Crippen LogP contribution in [0.2, 0.25) is 5.82 Å². The summed E-state index contributed by atoms with van der Waals surface area (Å²) in [5.41, 5.74) is 0. The highest BCUT2D eigenvalue weighted by Crippen LogP contribution is 2.20. The lowest BCUT2D eigenvalue weighted by atomic mass is 9.82. The van der Waals surface area contributed by atoms with Gasteiger partial charge in [-0.15, -0.1) is 0 Å². The second kappa shape index (κ2) is 4.88. The Hall–Kier alpha value is -0.0151. The molecule has 2 nitrogen and oxygen atoms in total. The fourth-order valence-corrected chi connectivity index (χ4v) is 1.26. The first-order valence-electron chi connectivity index (χ1n) is 4.67. The number of ether oxygens (including phenoxy) is 2. The minimum atomic E-state index is 0.236. The van der Waals surface area contributed by atoms with Gasteiger partial charge in [-0.2, -0.15) is 0 Å². The third-order valence-corrected chi connectivity index (χ3v) is 2.02. The van der Waals surface area contributed by atoms with Crippen LogP contribution in [0.1, 0.15) is 26.7 Å². The fourth-order valence-electron chi connectivity index (χ4n) is 1.26. The zero-order chi connectivity index (χ0) is 8.97. The SMILES string of the molecule is [B]C1CCC(COC(C)C)OC1. The standard InChI is InChI=1S/C9H17BO2/c1-7(2)11-6-9-4-3-8(10)5-12-9/h7-9H,3-6H2,1-2H3. The van der Waals surface area contributed by atoms with E-state index in [9.17, 15) is 0 Å². The summed E-state index contributed by atoms with van der Waals surface area (Å²) in [6.07, 6.45) is 2.66. The van der Waals surface area contributed by atoms with E-state index in [1.165, 1.54) is 0 Å². The summed E-state index contributed by atoms with van der Waals surface area (Å²) < 4.78 is 10.9. The van der Waals surface area contributed by atoms with Crippen LogP contribution in [-0.4, -0.2) is 33.3 Å². The molecule has 12 heavy (non-hydrogen) atoms. The van der Waals surface area contributed by atoms with E-state index >= 15 is 0 Å². The minimum Gasteiger partial charge on any atom is -0.376 e. The van der Waals surface area contributed by atoms with Crippen molar-refractivity contribution in [3.05, 3.63) is 0 Å². The van der Waals surface area contributed by atoms with Crippen molar-refractivity contribution >= 4 is 7.85 Å². The van der Waals surface area contributed by atoms with Crippen LogP contribution in [0.5, 0.6) is 0 Å². The Bertz CT molecular complexity index is 120. The fraction of sp³-hybridized carbons (Fsp3) is 1.00. The molecule has 1 fully saturated rings. The van der Waals surface area contributed by atoms with Crippen molar-refractivity contribution in [2.45, 2.75) is 44.7 Å². The van der Waals surface area contributed by atoms with E-state index in [2.05, 4.69) is 0 Å². The Morgan fingerprint density at radius 3 is 2.75 bits per heavy atom. The third kappa shape index (κ3) is 3.59. The molecule has 0 bridgehead atoms. The van der Waals surface area contributed by atoms with Crippen LogP contribution in [-0.2, 0) is 9.47 Å². The van der Waals surface area contributed by atoms with Gasteiger partial charge in [-0.1, -0.05) is 12.2 Å². The topological polar surface area (TPSA) is 18.5 Å². The molecule has 1 rings (SSSR count). The van der Waals surface area contributed by atoms with E-state index in [1.54, 1.807) is 0 Å². The van der Waals surface area contributed by atoms with Crippen LogP contribution in [0.25, 0.3) is 0 Å². The van der Waals surface area contributed by atoms with Crippen molar-refractivity contribution in [3.8, 4) is 0 Å². The Labute approximate surface area is 76.0 Å². The highest BCUT2D eigenvalue weighted by Gasteiger charge is 2.18. The summed E-state index contributed by atoms with van der Waals surface area (Å²) in [6.45, 7) is 5.47. The van der Waals surface area contributed by atoms with Gasteiger partial charge in [0.1, 0.15) is 0 Å². The lowest BCUT2D eigenvalue weighted by Crippen LogP contribution is -2.28. The molecule has 0 aromatic rings. The maximum absolute atomic E-state index is 5.69. The molecule has 0 aromatic heterocycles. The van der Waals surface area contributed by atoms with E-state index in [0.717, 1.165) is 12.8 Å². The Kier molecular flexibility index (Phi) is 4.09. The first kappa shape index (κ1) is 10.1. The first-order valence-corrected chi connectivity index (χ1v) is 4.67. The highest BCUT2D eigenvalue weighted by atomic mass is 16.5. The maximum atomic E-state index is 5.69. The van der Waals surface area contributed by atoms with Gasteiger partial charge >= 0.3 is 0 Å². The Balaban J connectivity index is 2.09. The van der Waals surface area contributed by atoms with Gasteiger partial charge in [0, 0.05) is 6.61 Å². The van der Waals surface area contributed by atoms with E-state index in [0.29, 0.717) is 19.3 Å². The molecule has 1 aliphatic rings. The molecule has 1 saturated heterocycles. The number of hydrogen-bond acceptors (Lipinski definition) is 2. The number of rotatable bonds is 3. The van der Waals surface area contributed by atoms with Crippen LogP contribution >= 0.6 is 0 Å². The normalized spacial score (nSPS) is 30.9. The smallest absolute Gasteiger partial charge is 0.0808 e. The van der Waals surface area contributed by atoms with Gasteiger partial charge in [-0.05, 0) is 20.3 Å². The van der Waals surface area contributed by atoms with E-state index in [4.69, 9.17) is 17.3 Å². The Morgan fingerprint density at radius 1 is 1.50 bits per heavy atom. The lowest BCUT2D eigenvalue weighted by Gasteiger charge is -2.27. The molecule has 0 spiro atoms. The maximum Gasteiger partial charge on any atom is 0.0808 e. The molecule has 1 aliphatic heterocycles. The van der Waals surface area contributed by atoms with Crippen LogP contribution in [0.15, 0.2) is 0 Å². The summed E-state index contributed by atoms with van der Waals surface area (Å²) in [5, 5.41) is 0. The predicted octanol–water partition coefficient (Wildman–Crippen LogP) is 1.55. The van der Waals surface area contributed by atoms with Crippen molar-refractivity contribution in [2.75, 3.05) is 13.2 Å². The molecular formula is C9H17BO2. The molecule has 68 valence electrons. The van der Waals surface area contributed by atoms with Crippen molar-refractivity contribution < 1.29 is 9.47 Å². The van der Waals surface area contributed by atoms with Gasteiger partial charge in [0.2, 0.25) is 0 Å². The summed E-state index contributed by atoms with van der Waals surface area (Å²) in [7, 11) is 5.69. The molecule has 3 heteroatoms. The molecule has 0 N–H and O–H groups in total. The van der Waals surface area contributed by atoms with Crippen molar-refractivity contribution in [1.82, 2.24) is 0 Å². The van der Waals surface area contributed by atoms with Gasteiger partial charge in [0.05, 0.1) is 26.7 Å². The summed E-state index contributed by atoms with van der Waals surface area (Å²) >= 11 is 0. The Morgan fingerprint density at radius 2 is 2.25 bits per heavy atom. The van der Waals surface area contributed by atoms with Gasteiger partial charge in [0.25, 0.3) is 0 Å². The zero-order valence-electron chi connectivity index (χ0n) is 7.95. The summed E-state index contributed by atoms with van der Waals surface area (Å²) in [5.74, 6) is 0.236. The van der Waals surface area contributed by atoms with Crippen LogP contribution in [0, 0.1) is 0 Å². The molecule has 2 unspecified atom stereocenters. The third-order valence-electron chi connectivity index (χ3n) is 2.02. The quantitative estimate of drug-likeness (QED) is 0.595. The highest BCUT2D eigenvalue weighted by molar-refractivity contribution is 6.11. The average Bonchev–Trinajstić information content (AvgIpc) is 2.03. The first-order chi connectivity index (χ1) is 5.68. The largest absolute Gasteiger partial charge is 0.376 e. The van der Waals surface area contributed by atoms with Crippen LogP contribution < -0.4 is 0 Å². The van der Waals surface area contributed by atoms with E-state index in [-0.39, 0.29) is 11.9 Å². The predicted molar refractivity (Wildman–Crippen MR) is 49.6 cm³/mol. The van der Waals surface area contributed by atoms with E-state index < -0.39 is 0 Å². The minimum absolute atomic E-state index is 0.236. The summed E-state index contributed by atoms with van der Waals surface area (Å²) in [6, 6.07) is 0. The molecule has 1 heterocycles. The second-order valence-corrected chi connectivity index (χ2v) is 3.67. The summed E-state index contributed by atoms with van der Waals surface area (Å²) in [4.78, 5) is 0. The van der Waals surface area contributed by atoms with Crippen LogP contribution in [0.3, 0.4) is 0 Å². The van der Waals surface area contributed by atoms with Crippen molar-refractivity contribution in [3.63, 3.8) is 0 Å². The van der Waals surface area contributed by atoms with Gasteiger partial charge < -0.3 is 9.47 Å². The molecule has 0 aromatic carbocycles. The van der Waals surface area contributed by atoms with Crippen molar-refractivity contribution in [1.29, 1.82) is 0 Å². The van der Waals surface area contributed by atoms with Gasteiger partial charge in [-0.25, -0.2) is 0 Å². The van der Waals surface area contributed by atoms with E-state index in [1.807, 2.05) is 13.8 Å².